The zero-order chi connectivity index (χ0) is 16.4. The molecule has 5 heteroatoms. The summed E-state index contributed by atoms with van der Waals surface area (Å²) in [4.78, 5) is 19.1. The van der Waals surface area contributed by atoms with Gasteiger partial charge in [0.1, 0.15) is 5.82 Å². The molecule has 4 rings (SSSR count). The smallest absolute Gasteiger partial charge is 0.227 e. The van der Waals surface area contributed by atoms with E-state index >= 15 is 0 Å². The average Bonchev–Trinajstić information content (AvgIpc) is 3.22. The lowest BCUT2D eigenvalue weighted by atomic mass is 9.85. The van der Waals surface area contributed by atoms with Crippen LogP contribution >= 0.6 is 11.3 Å². The number of carbonyl (C=O) groups is 1. The maximum atomic E-state index is 12.4. The van der Waals surface area contributed by atoms with Gasteiger partial charge in [-0.15, -0.1) is 0 Å². The number of carbonyl (C=O) groups excluding carboxylic acids is 1. The highest BCUT2D eigenvalue weighted by Gasteiger charge is 2.27. The maximum absolute atomic E-state index is 12.4. The number of piperidine rings is 1. The molecule has 3 heterocycles. The van der Waals surface area contributed by atoms with Crippen LogP contribution in [0.15, 0.2) is 29.2 Å². The molecule has 1 saturated heterocycles. The lowest BCUT2D eigenvalue weighted by Gasteiger charge is -2.33. The summed E-state index contributed by atoms with van der Waals surface area (Å²) in [5.74, 6) is 2.87. The van der Waals surface area contributed by atoms with Gasteiger partial charge in [-0.2, -0.15) is 11.3 Å². The third-order valence-corrected chi connectivity index (χ3v) is 6.31. The summed E-state index contributed by atoms with van der Waals surface area (Å²) in [7, 11) is 0. The molecule has 1 saturated carbocycles. The predicted molar refractivity (Wildman–Crippen MR) is 96.1 cm³/mol. The minimum atomic E-state index is 0.268. The van der Waals surface area contributed by atoms with Gasteiger partial charge in [0.15, 0.2) is 0 Å². The van der Waals surface area contributed by atoms with Crippen LogP contribution in [0.25, 0.3) is 0 Å². The Morgan fingerprint density at radius 1 is 1.25 bits per heavy atom. The Morgan fingerprint density at radius 2 is 2.08 bits per heavy atom. The van der Waals surface area contributed by atoms with Crippen LogP contribution in [0.3, 0.4) is 0 Å². The van der Waals surface area contributed by atoms with Crippen LogP contribution in [0.4, 0.5) is 0 Å². The number of hydrogen-bond donors (Lipinski definition) is 0. The van der Waals surface area contributed by atoms with E-state index in [-0.39, 0.29) is 5.91 Å². The van der Waals surface area contributed by atoms with E-state index in [2.05, 4.69) is 21.1 Å². The van der Waals surface area contributed by atoms with Crippen LogP contribution in [0.2, 0.25) is 0 Å². The first-order valence-electron chi connectivity index (χ1n) is 9.09. The van der Waals surface area contributed by atoms with Gasteiger partial charge in [-0.3, -0.25) is 4.79 Å². The average molecular weight is 343 g/mol. The zero-order valence-corrected chi connectivity index (χ0v) is 14.9. The fourth-order valence-corrected chi connectivity index (χ4v) is 4.52. The predicted octanol–water partition coefficient (Wildman–Crippen LogP) is 3.69. The van der Waals surface area contributed by atoms with Gasteiger partial charge in [0.25, 0.3) is 0 Å². The third-order valence-electron chi connectivity index (χ3n) is 5.58. The highest BCUT2D eigenvalue weighted by Crippen LogP contribution is 2.31. The van der Waals surface area contributed by atoms with Gasteiger partial charge in [-0.05, 0) is 54.0 Å². The molecule has 2 fully saturated rings. The van der Waals surface area contributed by atoms with Gasteiger partial charge in [-0.1, -0.05) is 6.42 Å². The topological polar surface area (TPSA) is 38.1 Å². The summed E-state index contributed by atoms with van der Waals surface area (Å²) in [6.45, 7) is 2.86. The lowest BCUT2D eigenvalue weighted by molar-refractivity contribution is -0.131. The highest BCUT2D eigenvalue weighted by molar-refractivity contribution is 7.07. The standard InChI is InChI=1S/C19H25N3OS/c23-18(12-16-6-11-24-14-16)21-8-4-17(5-9-21)19-20-7-10-22(19)13-15-2-1-3-15/h6-7,10-11,14-15,17H,1-5,8-9,12-13H2. The molecule has 0 spiro atoms. The van der Waals surface area contributed by atoms with E-state index in [0.29, 0.717) is 12.3 Å². The molecular formula is C19H25N3OS. The maximum Gasteiger partial charge on any atom is 0.227 e. The number of thiophene rings is 1. The molecule has 0 radical (unpaired) electrons. The molecule has 0 unspecified atom stereocenters. The van der Waals surface area contributed by atoms with Gasteiger partial charge in [-0.25, -0.2) is 4.98 Å². The molecule has 24 heavy (non-hydrogen) atoms. The second-order valence-corrected chi connectivity index (χ2v) is 7.98. The summed E-state index contributed by atoms with van der Waals surface area (Å²) in [6.07, 6.45) is 10.8. The number of amides is 1. The highest BCUT2D eigenvalue weighted by atomic mass is 32.1. The van der Waals surface area contributed by atoms with E-state index in [9.17, 15) is 4.79 Å². The molecule has 0 bridgehead atoms. The van der Waals surface area contributed by atoms with Gasteiger partial charge >= 0.3 is 0 Å². The van der Waals surface area contributed by atoms with E-state index in [1.807, 2.05) is 22.5 Å². The molecule has 2 aliphatic rings. The van der Waals surface area contributed by atoms with Crippen molar-refractivity contribution < 1.29 is 4.79 Å². The molecule has 1 aliphatic heterocycles. The van der Waals surface area contributed by atoms with Crippen molar-refractivity contribution in [2.24, 2.45) is 5.92 Å². The first kappa shape index (κ1) is 15.9. The van der Waals surface area contributed by atoms with E-state index in [4.69, 9.17) is 0 Å². The van der Waals surface area contributed by atoms with Crippen LogP contribution in [-0.2, 0) is 17.8 Å². The van der Waals surface area contributed by atoms with Gasteiger partial charge in [0.05, 0.1) is 6.42 Å². The van der Waals surface area contributed by atoms with E-state index in [1.165, 1.54) is 25.1 Å². The number of nitrogens with zero attached hydrogens (tertiary/aromatic N) is 3. The van der Waals surface area contributed by atoms with Crippen LogP contribution in [0.5, 0.6) is 0 Å². The number of hydrogen-bond acceptors (Lipinski definition) is 3. The first-order valence-corrected chi connectivity index (χ1v) is 10.0. The van der Waals surface area contributed by atoms with Gasteiger partial charge in [0.2, 0.25) is 5.91 Å². The summed E-state index contributed by atoms with van der Waals surface area (Å²) >= 11 is 1.66. The quantitative estimate of drug-likeness (QED) is 0.830. The summed E-state index contributed by atoms with van der Waals surface area (Å²) < 4.78 is 2.37. The van der Waals surface area contributed by atoms with Crippen molar-refractivity contribution in [3.05, 3.63) is 40.6 Å². The Bertz CT molecular complexity index is 667. The van der Waals surface area contributed by atoms with E-state index in [0.717, 1.165) is 44.0 Å². The SMILES string of the molecule is O=C(Cc1ccsc1)N1CCC(c2nccn2CC2CCC2)CC1. The van der Waals surface area contributed by atoms with E-state index in [1.54, 1.807) is 11.3 Å². The van der Waals surface area contributed by atoms with Crippen molar-refractivity contribution >= 4 is 17.2 Å². The van der Waals surface area contributed by atoms with Crippen molar-refractivity contribution in [3.63, 3.8) is 0 Å². The Hall–Kier alpha value is -1.62. The van der Waals surface area contributed by atoms with Crippen LogP contribution in [-0.4, -0.2) is 33.4 Å². The summed E-state index contributed by atoms with van der Waals surface area (Å²) in [5.41, 5.74) is 1.14. The normalized spacial score (nSPS) is 19.4. The molecule has 0 atom stereocenters. The van der Waals surface area contributed by atoms with E-state index < -0.39 is 0 Å². The third kappa shape index (κ3) is 3.41. The van der Waals surface area contributed by atoms with Crippen LogP contribution in [0, 0.1) is 5.92 Å². The number of likely N-dealkylation sites (tertiary alicyclic amines) is 1. The minimum Gasteiger partial charge on any atom is -0.342 e. The molecule has 1 amide bonds. The fraction of sp³-hybridized carbons (Fsp3) is 0.579. The molecule has 2 aromatic heterocycles. The number of rotatable bonds is 5. The van der Waals surface area contributed by atoms with Crippen LogP contribution in [0.1, 0.15) is 49.4 Å². The molecular weight excluding hydrogens is 318 g/mol. The Kier molecular flexibility index (Phi) is 4.69. The molecule has 2 aromatic rings. The Labute approximate surface area is 147 Å². The lowest BCUT2D eigenvalue weighted by Crippen LogP contribution is -2.39. The molecule has 0 aromatic carbocycles. The number of aromatic nitrogens is 2. The monoisotopic (exact) mass is 343 g/mol. The molecule has 128 valence electrons. The first-order chi connectivity index (χ1) is 11.8. The van der Waals surface area contributed by atoms with Crippen molar-refractivity contribution in [2.75, 3.05) is 13.1 Å². The zero-order valence-electron chi connectivity index (χ0n) is 14.1. The van der Waals surface area contributed by atoms with Gasteiger partial charge in [0, 0.05) is 37.9 Å². The van der Waals surface area contributed by atoms with Crippen molar-refractivity contribution in [1.29, 1.82) is 0 Å². The summed E-state index contributed by atoms with van der Waals surface area (Å²) in [5, 5.41) is 4.11. The fourth-order valence-electron chi connectivity index (χ4n) is 3.86. The second kappa shape index (κ2) is 7.09. The minimum absolute atomic E-state index is 0.268. The number of imidazole rings is 1. The second-order valence-electron chi connectivity index (χ2n) is 7.20. The molecule has 1 aliphatic carbocycles. The Morgan fingerprint density at radius 3 is 2.75 bits per heavy atom. The van der Waals surface area contributed by atoms with Gasteiger partial charge < -0.3 is 9.47 Å². The molecule has 0 N–H and O–H groups in total. The Balaban J connectivity index is 1.32. The molecule has 4 nitrogen and oxygen atoms in total. The largest absolute Gasteiger partial charge is 0.342 e. The summed E-state index contributed by atoms with van der Waals surface area (Å²) in [6, 6.07) is 2.05. The van der Waals surface area contributed by atoms with Crippen LogP contribution < -0.4 is 0 Å². The van der Waals surface area contributed by atoms with Crippen molar-refractivity contribution in [3.8, 4) is 0 Å². The van der Waals surface area contributed by atoms with Crippen molar-refractivity contribution in [1.82, 2.24) is 14.5 Å². The van der Waals surface area contributed by atoms with Crippen molar-refractivity contribution in [2.45, 2.75) is 51.0 Å².